The van der Waals surface area contributed by atoms with Crippen LogP contribution >= 0.6 is 43.5 Å². The van der Waals surface area contributed by atoms with Crippen molar-refractivity contribution in [3.63, 3.8) is 0 Å². The zero-order chi connectivity index (χ0) is 17.4. The third-order valence-corrected chi connectivity index (χ3v) is 7.14. The lowest BCUT2D eigenvalue weighted by Crippen LogP contribution is -2.38. The van der Waals surface area contributed by atoms with Gasteiger partial charge in [-0.25, -0.2) is 0 Å². The number of rotatable bonds is 1. The van der Waals surface area contributed by atoms with Gasteiger partial charge in [-0.3, -0.25) is 0 Å². The number of hydrogen-bond donors (Lipinski definition) is 2. The number of allylic oxidation sites excluding steroid dienone is 2. The summed E-state index contributed by atoms with van der Waals surface area (Å²) in [6, 6.07) is 4.64. The fourth-order valence-electron chi connectivity index (χ4n) is 4.72. The number of fused-ring (bicyclic) bond motifs is 2. The summed E-state index contributed by atoms with van der Waals surface area (Å²) in [4.78, 5) is 0. The first-order valence-electron chi connectivity index (χ1n) is 9.14. The third kappa shape index (κ3) is 3.73. The van der Waals surface area contributed by atoms with Crippen LogP contribution in [-0.4, -0.2) is 19.1 Å². The summed E-state index contributed by atoms with van der Waals surface area (Å²) in [7, 11) is 0. The Bertz CT molecular complexity index is 721. The molecule has 0 bridgehead atoms. The van der Waals surface area contributed by atoms with E-state index in [1.807, 2.05) is 0 Å². The van der Waals surface area contributed by atoms with E-state index < -0.39 is 0 Å². The highest BCUT2D eigenvalue weighted by molar-refractivity contribution is 9.12. The van der Waals surface area contributed by atoms with Gasteiger partial charge in [0, 0.05) is 26.1 Å². The molecule has 1 fully saturated rings. The average molecular weight is 487 g/mol. The minimum Gasteiger partial charge on any atom is -0.383 e. The molecule has 1 saturated heterocycles. The maximum absolute atomic E-state index is 6.38. The van der Waals surface area contributed by atoms with Gasteiger partial charge in [-0.1, -0.05) is 27.5 Å². The Kier molecular flexibility index (Phi) is 5.61. The average Bonchev–Trinajstić information content (AvgIpc) is 2.92. The SMILES string of the molecule is Clc1cc(Br)c2c(c1)CCC1=CC(Br)=CNC1C2C1CCCNCC1. The van der Waals surface area contributed by atoms with Crippen molar-refractivity contribution >= 4 is 43.5 Å². The molecule has 1 aromatic rings. The number of aryl methyl sites for hydroxylation is 1. The summed E-state index contributed by atoms with van der Waals surface area (Å²) in [5.74, 6) is 1.16. The zero-order valence-electron chi connectivity index (χ0n) is 14.1. The van der Waals surface area contributed by atoms with Crippen LogP contribution in [-0.2, 0) is 6.42 Å². The Balaban J connectivity index is 1.82. The van der Waals surface area contributed by atoms with E-state index in [9.17, 15) is 0 Å². The Hall–Kier alpha value is -0.290. The predicted octanol–water partition coefficient (Wildman–Crippen LogP) is 5.66. The summed E-state index contributed by atoms with van der Waals surface area (Å²) in [6.07, 6.45) is 10.3. The smallest absolute Gasteiger partial charge is 0.0543 e. The Labute approximate surface area is 171 Å². The Morgan fingerprint density at radius 2 is 1.96 bits per heavy atom. The minimum absolute atomic E-state index is 0.378. The molecule has 134 valence electrons. The molecule has 0 spiro atoms. The molecule has 2 N–H and O–H groups in total. The molecule has 2 heterocycles. The van der Waals surface area contributed by atoms with Crippen molar-refractivity contribution in [2.24, 2.45) is 5.92 Å². The van der Waals surface area contributed by atoms with E-state index in [1.54, 1.807) is 0 Å². The number of dihydropyridines is 1. The van der Waals surface area contributed by atoms with Crippen molar-refractivity contribution in [2.45, 2.75) is 44.1 Å². The van der Waals surface area contributed by atoms with Crippen molar-refractivity contribution in [3.8, 4) is 0 Å². The largest absolute Gasteiger partial charge is 0.383 e. The van der Waals surface area contributed by atoms with E-state index in [0.29, 0.717) is 17.9 Å². The van der Waals surface area contributed by atoms with Crippen molar-refractivity contribution in [1.29, 1.82) is 0 Å². The summed E-state index contributed by atoms with van der Waals surface area (Å²) < 4.78 is 2.32. The molecule has 0 aromatic heterocycles. The highest BCUT2D eigenvalue weighted by Gasteiger charge is 2.38. The maximum Gasteiger partial charge on any atom is 0.0543 e. The molecule has 2 nitrogen and oxygen atoms in total. The van der Waals surface area contributed by atoms with Gasteiger partial charge in [-0.2, -0.15) is 0 Å². The number of nitrogens with one attached hydrogen (secondary N) is 2. The van der Waals surface area contributed by atoms with Crippen LogP contribution in [0, 0.1) is 5.92 Å². The molecule has 3 atom stereocenters. The van der Waals surface area contributed by atoms with Crippen LogP contribution in [0.25, 0.3) is 0 Å². The van der Waals surface area contributed by atoms with Crippen molar-refractivity contribution in [2.75, 3.05) is 13.1 Å². The first-order valence-corrected chi connectivity index (χ1v) is 11.1. The van der Waals surface area contributed by atoms with Crippen LogP contribution in [0.1, 0.15) is 42.7 Å². The molecule has 0 amide bonds. The van der Waals surface area contributed by atoms with Gasteiger partial charge in [0.15, 0.2) is 0 Å². The molecule has 0 radical (unpaired) electrons. The highest BCUT2D eigenvalue weighted by Crippen LogP contribution is 2.46. The van der Waals surface area contributed by atoms with Gasteiger partial charge < -0.3 is 10.6 Å². The summed E-state index contributed by atoms with van der Waals surface area (Å²) in [5.41, 5.74) is 4.40. The number of hydrogen-bond acceptors (Lipinski definition) is 2. The molecule has 0 saturated carbocycles. The van der Waals surface area contributed by atoms with E-state index in [2.05, 4.69) is 66.9 Å². The van der Waals surface area contributed by atoms with Crippen LogP contribution in [0.4, 0.5) is 0 Å². The molecule has 1 aliphatic carbocycles. The van der Waals surface area contributed by atoms with Crippen molar-refractivity contribution in [3.05, 3.63) is 55.1 Å². The fourth-order valence-corrected chi connectivity index (χ4v) is 6.29. The fraction of sp³-hybridized carbons (Fsp3) is 0.500. The molecule has 4 rings (SSSR count). The molecule has 25 heavy (non-hydrogen) atoms. The lowest BCUT2D eigenvalue weighted by Gasteiger charge is -2.36. The van der Waals surface area contributed by atoms with Gasteiger partial charge >= 0.3 is 0 Å². The van der Waals surface area contributed by atoms with Crippen LogP contribution in [0.15, 0.2) is 38.9 Å². The van der Waals surface area contributed by atoms with Crippen LogP contribution in [0.2, 0.25) is 5.02 Å². The standard InChI is InChI=1S/C20H23Br2ClN2/c21-15-8-14-4-3-13-9-16(23)10-17(22)18(13)19(20(14)25-11-15)12-2-1-6-24-7-5-12/h8-12,19-20,24-25H,1-7H2. The highest BCUT2D eigenvalue weighted by atomic mass is 79.9. The van der Waals surface area contributed by atoms with Crippen LogP contribution in [0.5, 0.6) is 0 Å². The molecular weight excluding hydrogens is 463 g/mol. The van der Waals surface area contributed by atoms with Crippen molar-refractivity contribution < 1.29 is 0 Å². The molecule has 5 heteroatoms. The van der Waals surface area contributed by atoms with E-state index >= 15 is 0 Å². The van der Waals surface area contributed by atoms with E-state index in [4.69, 9.17) is 11.6 Å². The summed E-state index contributed by atoms with van der Waals surface area (Å²) >= 11 is 13.9. The normalized spacial score (nSPS) is 29.3. The maximum atomic E-state index is 6.38. The van der Waals surface area contributed by atoms with E-state index in [1.165, 1.54) is 40.4 Å². The van der Waals surface area contributed by atoms with Gasteiger partial charge in [0.1, 0.15) is 0 Å². The number of halogens is 3. The van der Waals surface area contributed by atoms with Crippen molar-refractivity contribution in [1.82, 2.24) is 10.6 Å². The predicted molar refractivity (Wildman–Crippen MR) is 112 cm³/mol. The molecule has 2 aliphatic heterocycles. The lowest BCUT2D eigenvalue weighted by atomic mass is 9.74. The molecular formula is C20H23Br2ClN2. The van der Waals surface area contributed by atoms with Gasteiger partial charge in [0.05, 0.1) is 6.04 Å². The van der Waals surface area contributed by atoms with Gasteiger partial charge in [-0.15, -0.1) is 0 Å². The van der Waals surface area contributed by atoms with E-state index in [-0.39, 0.29) is 0 Å². The molecule has 3 aliphatic rings. The topological polar surface area (TPSA) is 24.1 Å². The summed E-state index contributed by atoms with van der Waals surface area (Å²) in [5, 5.41) is 8.11. The van der Waals surface area contributed by atoms with Gasteiger partial charge in [0.25, 0.3) is 0 Å². The first kappa shape index (κ1) is 18.1. The zero-order valence-corrected chi connectivity index (χ0v) is 18.1. The lowest BCUT2D eigenvalue weighted by molar-refractivity contribution is 0.336. The number of benzene rings is 1. The quantitative estimate of drug-likeness (QED) is 0.536. The summed E-state index contributed by atoms with van der Waals surface area (Å²) in [6.45, 7) is 2.26. The van der Waals surface area contributed by atoms with Crippen LogP contribution < -0.4 is 10.6 Å². The Morgan fingerprint density at radius 1 is 1.08 bits per heavy atom. The second-order valence-electron chi connectivity index (χ2n) is 7.32. The molecule has 3 unspecified atom stereocenters. The molecule has 1 aromatic carbocycles. The van der Waals surface area contributed by atoms with Gasteiger partial charge in [0.2, 0.25) is 0 Å². The van der Waals surface area contributed by atoms with Gasteiger partial charge in [-0.05, 0) is 102 Å². The third-order valence-electron chi connectivity index (χ3n) is 5.81. The minimum atomic E-state index is 0.378. The van der Waals surface area contributed by atoms with Crippen LogP contribution in [0.3, 0.4) is 0 Å². The van der Waals surface area contributed by atoms with E-state index in [0.717, 1.165) is 35.4 Å². The Morgan fingerprint density at radius 3 is 2.84 bits per heavy atom. The second kappa shape index (κ2) is 7.75. The monoisotopic (exact) mass is 484 g/mol. The first-order chi connectivity index (χ1) is 12.1. The second-order valence-corrected chi connectivity index (χ2v) is 9.53.